The first kappa shape index (κ1) is 16.9. The van der Waals surface area contributed by atoms with Gasteiger partial charge in [-0.15, -0.1) is 0 Å². The fraction of sp³-hybridized carbons (Fsp3) is 0.111. The molecule has 0 saturated carbocycles. The predicted molar refractivity (Wildman–Crippen MR) is 93.0 cm³/mol. The number of methoxy groups -OCH3 is 2. The minimum atomic E-state index is -0.808. The molecule has 1 N–H and O–H groups in total. The Morgan fingerprint density at radius 3 is 2.32 bits per heavy atom. The molecule has 0 radical (unpaired) electrons. The molecule has 0 bridgehead atoms. The summed E-state index contributed by atoms with van der Waals surface area (Å²) in [5, 5.41) is 10.6. The SMILES string of the molecule is COc1ccc(C2=C(O)C(=O)N(c3cccc(Cl)c3)C2=O)cc1OC. The molecule has 0 aromatic heterocycles. The topological polar surface area (TPSA) is 76.1 Å². The molecule has 2 aromatic rings. The molecule has 3 rings (SSSR count). The first-order chi connectivity index (χ1) is 12.0. The Morgan fingerprint density at radius 2 is 1.68 bits per heavy atom. The molecule has 0 unspecified atom stereocenters. The number of carbonyl (C=O) groups is 2. The van der Waals surface area contributed by atoms with Crippen molar-refractivity contribution >= 4 is 34.7 Å². The van der Waals surface area contributed by atoms with Crippen molar-refractivity contribution in [2.45, 2.75) is 0 Å². The number of amides is 2. The van der Waals surface area contributed by atoms with Crippen molar-refractivity contribution in [2.24, 2.45) is 0 Å². The summed E-state index contributed by atoms with van der Waals surface area (Å²) in [6, 6.07) is 11.0. The highest BCUT2D eigenvalue weighted by Crippen LogP contribution is 2.36. The van der Waals surface area contributed by atoms with Crippen LogP contribution in [-0.2, 0) is 9.59 Å². The summed E-state index contributed by atoms with van der Waals surface area (Å²) in [7, 11) is 2.94. The van der Waals surface area contributed by atoms with Crippen LogP contribution < -0.4 is 14.4 Å². The number of carbonyl (C=O) groups excluding carboxylic acids is 2. The molecular weight excluding hydrogens is 346 g/mol. The number of nitrogens with zero attached hydrogens (tertiary/aromatic N) is 1. The number of aliphatic hydroxyl groups excluding tert-OH is 1. The molecule has 0 fully saturated rings. The summed E-state index contributed by atoms with van der Waals surface area (Å²) in [6.45, 7) is 0. The van der Waals surface area contributed by atoms with Gasteiger partial charge in [-0.1, -0.05) is 23.7 Å². The Bertz CT molecular complexity index is 906. The molecule has 25 heavy (non-hydrogen) atoms. The second-order valence-electron chi connectivity index (χ2n) is 5.22. The Kier molecular flexibility index (Phi) is 4.37. The molecule has 2 amide bonds. The molecule has 7 heteroatoms. The number of aliphatic hydroxyl groups is 1. The van der Waals surface area contributed by atoms with Gasteiger partial charge in [0.1, 0.15) is 0 Å². The van der Waals surface area contributed by atoms with E-state index in [0.717, 1.165) is 4.90 Å². The van der Waals surface area contributed by atoms with E-state index in [0.29, 0.717) is 22.1 Å². The standard InChI is InChI=1S/C18H14ClNO5/c1-24-13-7-6-10(8-14(13)25-2)15-16(21)18(23)20(17(15)22)12-5-3-4-11(19)9-12/h3-9,21H,1-2H3. The number of benzene rings is 2. The van der Waals surface area contributed by atoms with Crippen LogP contribution >= 0.6 is 11.6 Å². The summed E-state index contributed by atoms with van der Waals surface area (Å²) in [6.07, 6.45) is 0. The highest BCUT2D eigenvalue weighted by atomic mass is 35.5. The molecule has 0 spiro atoms. The van der Waals surface area contributed by atoms with Crippen molar-refractivity contribution in [3.8, 4) is 11.5 Å². The van der Waals surface area contributed by atoms with E-state index in [1.54, 1.807) is 30.3 Å². The van der Waals surface area contributed by atoms with Gasteiger partial charge >= 0.3 is 5.91 Å². The Labute approximate surface area is 148 Å². The lowest BCUT2D eigenvalue weighted by Crippen LogP contribution is -2.31. The maximum absolute atomic E-state index is 12.8. The van der Waals surface area contributed by atoms with E-state index < -0.39 is 17.6 Å². The number of hydrogen-bond donors (Lipinski definition) is 1. The molecule has 0 atom stereocenters. The monoisotopic (exact) mass is 359 g/mol. The summed E-state index contributed by atoms with van der Waals surface area (Å²) >= 11 is 5.93. The normalized spacial score (nSPS) is 14.3. The van der Waals surface area contributed by atoms with Crippen molar-refractivity contribution in [2.75, 3.05) is 19.1 Å². The van der Waals surface area contributed by atoms with Crippen molar-refractivity contribution in [3.63, 3.8) is 0 Å². The van der Waals surface area contributed by atoms with Crippen LogP contribution in [0.25, 0.3) is 5.57 Å². The van der Waals surface area contributed by atoms with Crippen molar-refractivity contribution in [1.82, 2.24) is 0 Å². The van der Waals surface area contributed by atoms with E-state index in [-0.39, 0.29) is 11.3 Å². The van der Waals surface area contributed by atoms with Gasteiger partial charge in [0.15, 0.2) is 17.3 Å². The van der Waals surface area contributed by atoms with Gasteiger partial charge in [-0.2, -0.15) is 0 Å². The zero-order valence-electron chi connectivity index (χ0n) is 13.4. The molecule has 2 aromatic carbocycles. The van der Waals surface area contributed by atoms with Crippen LogP contribution in [-0.4, -0.2) is 31.1 Å². The van der Waals surface area contributed by atoms with Crippen molar-refractivity contribution in [1.29, 1.82) is 0 Å². The third kappa shape index (κ3) is 2.81. The molecule has 6 nitrogen and oxygen atoms in total. The minimum absolute atomic E-state index is 0.106. The maximum Gasteiger partial charge on any atom is 0.301 e. The summed E-state index contributed by atoms with van der Waals surface area (Å²) in [5.74, 6) is -1.23. The Hall–Kier alpha value is -2.99. The van der Waals surface area contributed by atoms with Gasteiger partial charge < -0.3 is 14.6 Å². The first-order valence-electron chi connectivity index (χ1n) is 7.28. The highest BCUT2D eigenvalue weighted by molar-refractivity contribution is 6.45. The average Bonchev–Trinajstić information content (AvgIpc) is 2.83. The lowest BCUT2D eigenvalue weighted by Gasteiger charge is -2.15. The minimum Gasteiger partial charge on any atom is -0.502 e. The number of ether oxygens (including phenoxy) is 2. The number of imide groups is 1. The third-order valence-electron chi connectivity index (χ3n) is 3.80. The largest absolute Gasteiger partial charge is 0.502 e. The first-order valence-corrected chi connectivity index (χ1v) is 7.65. The molecule has 1 aliphatic heterocycles. The van der Waals surface area contributed by atoms with Crippen LogP contribution in [0.2, 0.25) is 5.02 Å². The molecule has 1 heterocycles. The van der Waals surface area contributed by atoms with Gasteiger partial charge in [0.25, 0.3) is 5.91 Å². The lowest BCUT2D eigenvalue weighted by molar-refractivity contribution is -0.121. The van der Waals surface area contributed by atoms with Gasteiger partial charge in [-0.05, 0) is 35.9 Å². The molecule has 1 aliphatic rings. The fourth-order valence-electron chi connectivity index (χ4n) is 2.62. The van der Waals surface area contributed by atoms with E-state index in [4.69, 9.17) is 21.1 Å². The van der Waals surface area contributed by atoms with Gasteiger partial charge in [-0.25, -0.2) is 4.90 Å². The van der Waals surface area contributed by atoms with Crippen LogP contribution in [0.4, 0.5) is 5.69 Å². The van der Waals surface area contributed by atoms with E-state index >= 15 is 0 Å². The Morgan fingerprint density at radius 1 is 0.960 bits per heavy atom. The van der Waals surface area contributed by atoms with Gasteiger partial charge in [0, 0.05) is 5.02 Å². The fourth-order valence-corrected chi connectivity index (χ4v) is 2.80. The predicted octanol–water partition coefficient (Wildman–Crippen LogP) is 3.20. The van der Waals surface area contributed by atoms with Crippen molar-refractivity contribution < 1.29 is 24.2 Å². The van der Waals surface area contributed by atoms with E-state index in [1.165, 1.54) is 26.4 Å². The quantitative estimate of drug-likeness (QED) is 0.848. The molecule has 0 saturated heterocycles. The molecule has 0 aliphatic carbocycles. The van der Waals surface area contributed by atoms with E-state index in [9.17, 15) is 14.7 Å². The molecule has 128 valence electrons. The molecular formula is C18H14ClNO5. The number of anilines is 1. The van der Waals surface area contributed by atoms with Crippen LogP contribution in [0.3, 0.4) is 0 Å². The van der Waals surface area contributed by atoms with Gasteiger partial charge in [-0.3, -0.25) is 9.59 Å². The number of hydrogen-bond acceptors (Lipinski definition) is 5. The number of halogens is 1. The summed E-state index contributed by atoms with van der Waals surface area (Å²) in [5.41, 5.74) is 0.522. The zero-order valence-corrected chi connectivity index (χ0v) is 14.2. The highest BCUT2D eigenvalue weighted by Gasteiger charge is 2.40. The van der Waals surface area contributed by atoms with Crippen LogP contribution in [0.5, 0.6) is 11.5 Å². The van der Waals surface area contributed by atoms with Crippen LogP contribution in [0, 0.1) is 0 Å². The second-order valence-corrected chi connectivity index (χ2v) is 5.66. The third-order valence-corrected chi connectivity index (χ3v) is 4.03. The summed E-state index contributed by atoms with van der Waals surface area (Å²) < 4.78 is 10.4. The Balaban J connectivity index is 2.06. The van der Waals surface area contributed by atoms with E-state index in [1.807, 2.05) is 0 Å². The van der Waals surface area contributed by atoms with E-state index in [2.05, 4.69) is 0 Å². The van der Waals surface area contributed by atoms with Crippen LogP contribution in [0.15, 0.2) is 48.2 Å². The second kappa shape index (κ2) is 6.49. The average molecular weight is 360 g/mol. The van der Waals surface area contributed by atoms with Gasteiger partial charge in [0.2, 0.25) is 0 Å². The number of rotatable bonds is 4. The lowest BCUT2D eigenvalue weighted by atomic mass is 10.0. The smallest absolute Gasteiger partial charge is 0.301 e. The van der Waals surface area contributed by atoms with Crippen LogP contribution in [0.1, 0.15) is 5.56 Å². The maximum atomic E-state index is 12.8. The van der Waals surface area contributed by atoms with Gasteiger partial charge in [0.05, 0.1) is 25.5 Å². The summed E-state index contributed by atoms with van der Waals surface area (Å²) in [4.78, 5) is 26.0. The zero-order chi connectivity index (χ0) is 18.1. The van der Waals surface area contributed by atoms with Crippen molar-refractivity contribution in [3.05, 3.63) is 58.8 Å².